The van der Waals surface area contributed by atoms with Crippen LogP contribution in [0.2, 0.25) is 0 Å². The molecule has 0 saturated carbocycles. The Balaban J connectivity index is 1.49. The number of ether oxygens (including phenoxy) is 1. The molecule has 2 radical (unpaired) electrons. The van der Waals surface area contributed by atoms with Gasteiger partial charge in [-0.15, -0.1) is 0 Å². The molecule has 2 aromatic heterocycles. The number of aromatic nitrogens is 3. The lowest BCUT2D eigenvalue weighted by Gasteiger charge is -2.31. The largest absolute Gasteiger partial charge is 0.492 e. The first kappa shape index (κ1) is 21.1. The third-order valence-corrected chi connectivity index (χ3v) is 5.79. The summed E-state index contributed by atoms with van der Waals surface area (Å²) in [5, 5.41) is 16.0. The molecule has 1 amide bonds. The van der Waals surface area contributed by atoms with Gasteiger partial charge in [-0.1, -0.05) is 12.1 Å². The molecule has 33 heavy (non-hydrogen) atoms. The van der Waals surface area contributed by atoms with Crippen LogP contribution in [0.3, 0.4) is 0 Å². The number of halogens is 1. The Kier molecular flexibility index (Phi) is 4.94. The molecule has 0 fully saturated rings. The first-order chi connectivity index (χ1) is 15.8. The summed E-state index contributed by atoms with van der Waals surface area (Å²) in [6.07, 6.45) is 3.31. The summed E-state index contributed by atoms with van der Waals surface area (Å²) in [5.41, 5.74) is 0.512. The van der Waals surface area contributed by atoms with Crippen LogP contribution in [-0.4, -0.2) is 45.1 Å². The van der Waals surface area contributed by atoms with Crippen molar-refractivity contribution in [3.8, 4) is 16.9 Å². The third kappa shape index (κ3) is 3.36. The Morgan fingerprint density at radius 2 is 2.03 bits per heavy atom. The topological polar surface area (TPSA) is 80.5 Å². The van der Waals surface area contributed by atoms with Crippen LogP contribution in [0.25, 0.3) is 22.0 Å². The van der Waals surface area contributed by atoms with Crippen LogP contribution < -0.4 is 4.74 Å². The quantitative estimate of drug-likeness (QED) is 0.481. The van der Waals surface area contributed by atoms with Crippen molar-refractivity contribution in [1.82, 2.24) is 19.7 Å². The molecular weight excluding hydrogens is 422 g/mol. The molecule has 1 aliphatic heterocycles. The SMILES string of the molecule is [B]C1(O)c2ncccc2C(=O)N1Cc1ccc(-c2ccc(OCC)c3nn(C)cc23)cc1F. The maximum absolute atomic E-state index is 15.2. The van der Waals surface area contributed by atoms with Crippen molar-refractivity contribution in [2.75, 3.05) is 6.61 Å². The van der Waals surface area contributed by atoms with Crippen molar-refractivity contribution >= 4 is 24.7 Å². The molecule has 7 nitrogen and oxygen atoms in total. The maximum Gasteiger partial charge on any atom is 0.258 e. The minimum absolute atomic E-state index is 0.0559. The van der Waals surface area contributed by atoms with Crippen molar-refractivity contribution < 1.29 is 19.0 Å². The highest BCUT2D eigenvalue weighted by molar-refractivity contribution is 6.19. The highest BCUT2D eigenvalue weighted by atomic mass is 19.1. The van der Waals surface area contributed by atoms with Crippen molar-refractivity contribution in [2.45, 2.75) is 19.1 Å². The molecule has 1 atom stereocenters. The van der Waals surface area contributed by atoms with Gasteiger partial charge in [-0.05, 0) is 48.4 Å². The Hall–Kier alpha value is -3.72. The van der Waals surface area contributed by atoms with E-state index in [1.807, 2.05) is 32.3 Å². The van der Waals surface area contributed by atoms with Crippen LogP contribution >= 0.6 is 0 Å². The van der Waals surface area contributed by atoms with E-state index in [9.17, 15) is 9.90 Å². The molecule has 0 spiro atoms. The van der Waals surface area contributed by atoms with Crippen LogP contribution in [0, 0.1) is 5.82 Å². The fourth-order valence-electron chi connectivity index (χ4n) is 4.22. The second-order valence-electron chi connectivity index (χ2n) is 7.93. The molecule has 0 bridgehead atoms. The van der Waals surface area contributed by atoms with E-state index < -0.39 is 17.3 Å². The molecule has 1 aliphatic rings. The summed E-state index contributed by atoms with van der Waals surface area (Å²) < 4.78 is 22.5. The summed E-state index contributed by atoms with van der Waals surface area (Å²) in [5.74, 6) is -0.363. The molecule has 5 rings (SSSR count). The van der Waals surface area contributed by atoms with E-state index in [-0.39, 0.29) is 23.4 Å². The zero-order valence-electron chi connectivity index (χ0n) is 18.1. The molecule has 3 heterocycles. The molecule has 4 aromatic rings. The zero-order valence-corrected chi connectivity index (χ0v) is 18.1. The lowest BCUT2D eigenvalue weighted by Crippen LogP contribution is -2.44. The Morgan fingerprint density at radius 1 is 1.21 bits per heavy atom. The van der Waals surface area contributed by atoms with Crippen LogP contribution in [0.15, 0.2) is 54.9 Å². The normalized spacial score (nSPS) is 17.6. The molecule has 0 saturated heterocycles. The minimum atomic E-state index is -2.12. The van der Waals surface area contributed by atoms with Gasteiger partial charge in [-0.25, -0.2) is 4.39 Å². The van der Waals surface area contributed by atoms with Gasteiger partial charge in [-0.2, -0.15) is 5.10 Å². The van der Waals surface area contributed by atoms with E-state index in [0.717, 1.165) is 15.8 Å². The number of fused-ring (bicyclic) bond motifs is 2. The van der Waals surface area contributed by atoms with Gasteiger partial charge in [-0.3, -0.25) is 14.5 Å². The van der Waals surface area contributed by atoms with Gasteiger partial charge < -0.3 is 14.7 Å². The summed E-state index contributed by atoms with van der Waals surface area (Å²) in [6, 6.07) is 11.6. The number of rotatable bonds is 5. The fraction of sp³-hybridized carbons (Fsp3) is 0.208. The van der Waals surface area contributed by atoms with E-state index in [1.165, 1.54) is 18.3 Å². The lowest BCUT2D eigenvalue weighted by molar-refractivity contribution is -0.0227. The molecule has 2 aromatic carbocycles. The first-order valence-corrected chi connectivity index (χ1v) is 10.5. The first-order valence-electron chi connectivity index (χ1n) is 10.5. The van der Waals surface area contributed by atoms with E-state index in [2.05, 4.69) is 10.1 Å². The lowest BCUT2D eigenvalue weighted by atomic mass is 9.87. The van der Waals surface area contributed by atoms with E-state index in [1.54, 1.807) is 22.9 Å². The number of hydrogen-bond acceptors (Lipinski definition) is 5. The predicted octanol–water partition coefficient (Wildman–Crippen LogP) is 3.10. The molecule has 9 heteroatoms. The van der Waals surface area contributed by atoms with Crippen molar-refractivity contribution in [3.05, 3.63) is 77.5 Å². The molecule has 1 unspecified atom stereocenters. The fourth-order valence-corrected chi connectivity index (χ4v) is 4.22. The smallest absolute Gasteiger partial charge is 0.258 e. The number of nitrogens with zero attached hydrogens (tertiary/aromatic N) is 4. The second kappa shape index (κ2) is 7.70. The van der Waals surface area contributed by atoms with E-state index >= 15 is 4.39 Å². The number of carbonyl (C=O) groups is 1. The monoisotopic (exact) mass is 442 g/mol. The molecule has 164 valence electrons. The van der Waals surface area contributed by atoms with Gasteiger partial charge in [0.05, 0.1) is 24.4 Å². The van der Waals surface area contributed by atoms with Gasteiger partial charge in [0.15, 0.2) is 7.85 Å². The van der Waals surface area contributed by atoms with Gasteiger partial charge in [0.2, 0.25) is 0 Å². The number of hydrogen-bond donors (Lipinski definition) is 1. The summed E-state index contributed by atoms with van der Waals surface area (Å²) in [4.78, 5) is 17.8. The van der Waals surface area contributed by atoms with Crippen molar-refractivity contribution in [2.24, 2.45) is 7.05 Å². The number of amides is 1. The standard InChI is InChI=1S/C24H20BFN4O3/c1-3-33-20-9-8-16(18-13-29(2)28-21(18)20)14-6-7-15(19(26)11-14)12-30-23(31)17-5-4-10-27-22(17)24(30,25)32/h4-11,13,32H,3,12H2,1-2H3. The van der Waals surface area contributed by atoms with Crippen LogP contribution in [-0.2, 0) is 19.2 Å². The number of aliphatic hydroxyl groups is 1. The Labute approximate surface area is 190 Å². The average molecular weight is 442 g/mol. The second-order valence-corrected chi connectivity index (χ2v) is 7.93. The zero-order chi connectivity index (χ0) is 23.3. The summed E-state index contributed by atoms with van der Waals surface area (Å²) in [6.45, 7) is 2.20. The number of aryl methyl sites for hydroxylation is 1. The highest BCUT2D eigenvalue weighted by Crippen LogP contribution is 2.37. The minimum Gasteiger partial charge on any atom is -0.492 e. The van der Waals surface area contributed by atoms with E-state index in [4.69, 9.17) is 12.6 Å². The highest BCUT2D eigenvalue weighted by Gasteiger charge is 2.45. The maximum atomic E-state index is 15.2. The number of benzene rings is 2. The summed E-state index contributed by atoms with van der Waals surface area (Å²) in [7, 11) is 7.82. The summed E-state index contributed by atoms with van der Waals surface area (Å²) >= 11 is 0. The molecule has 0 aliphatic carbocycles. The van der Waals surface area contributed by atoms with Gasteiger partial charge >= 0.3 is 0 Å². The van der Waals surface area contributed by atoms with E-state index in [0.29, 0.717) is 23.4 Å². The van der Waals surface area contributed by atoms with Crippen molar-refractivity contribution in [3.63, 3.8) is 0 Å². The van der Waals surface area contributed by atoms with Crippen LogP contribution in [0.4, 0.5) is 4.39 Å². The van der Waals surface area contributed by atoms with Gasteiger partial charge in [0, 0.05) is 30.4 Å². The number of carbonyl (C=O) groups excluding carboxylic acids is 1. The number of pyridine rings is 1. The Bertz CT molecular complexity index is 1400. The van der Waals surface area contributed by atoms with Crippen molar-refractivity contribution in [1.29, 1.82) is 0 Å². The molecular formula is C24H20BFN4O3. The van der Waals surface area contributed by atoms with Crippen LogP contribution in [0.1, 0.15) is 28.5 Å². The molecule has 1 N–H and O–H groups in total. The average Bonchev–Trinajstić information content (AvgIpc) is 3.27. The third-order valence-electron chi connectivity index (χ3n) is 5.79. The predicted molar refractivity (Wildman–Crippen MR) is 121 cm³/mol. The Morgan fingerprint density at radius 3 is 2.76 bits per heavy atom. The van der Waals surface area contributed by atoms with Gasteiger partial charge in [0.1, 0.15) is 22.7 Å². The van der Waals surface area contributed by atoms with Gasteiger partial charge in [0.25, 0.3) is 5.91 Å². The van der Waals surface area contributed by atoms with Crippen LogP contribution in [0.5, 0.6) is 5.75 Å².